The van der Waals surface area contributed by atoms with Crippen molar-refractivity contribution in [2.75, 3.05) is 5.73 Å². The van der Waals surface area contributed by atoms with Crippen molar-refractivity contribution in [3.63, 3.8) is 0 Å². The first-order valence-electron chi connectivity index (χ1n) is 6.13. The maximum Gasteiger partial charge on any atom is 0.405 e. The van der Waals surface area contributed by atoms with Gasteiger partial charge in [-0.25, -0.2) is 4.79 Å². The van der Waals surface area contributed by atoms with Gasteiger partial charge in [-0.15, -0.1) is 0 Å². The molecule has 0 unspecified atom stereocenters. The van der Waals surface area contributed by atoms with E-state index in [0.717, 1.165) is 16.3 Å². The number of amides is 1. The van der Waals surface area contributed by atoms with Gasteiger partial charge in [-0.3, -0.25) is 0 Å². The highest BCUT2D eigenvalue weighted by Crippen LogP contribution is 2.26. The van der Waals surface area contributed by atoms with Crippen LogP contribution in [0, 0.1) is 0 Å². The van der Waals surface area contributed by atoms with E-state index in [9.17, 15) is 4.79 Å². The molecular weight excluding hydrogens is 240 g/mol. The van der Waals surface area contributed by atoms with Gasteiger partial charge in [0, 0.05) is 12.1 Å². The van der Waals surface area contributed by atoms with Gasteiger partial charge in [0.25, 0.3) is 0 Å². The first kappa shape index (κ1) is 13.2. The Balaban J connectivity index is 2.34. The van der Waals surface area contributed by atoms with E-state index < -0.39 is 11.7 Å². The molecule has 0 saturated heterocycles. The number of fused-ring (bicyclic) bond motifs is 1. The van der Waals surface area contributed by atoms with Gasteiger partial charge in [0.05, 0.1) is 0 Å². The molecule has 100 valence electrons. The molecule has 4 N–H and O–H groups in total. The van der Waals surface area contributed by atoms with Crippen molar-refractivity contribution in [3.8, 4) is 0 Å². The fourth-order valence-electron chi connectivity index (χ4n) is 2.23. The Morgan fingerprint density at radius 1 is 1.21 bits per heavy atom. The van der Waals surface area contributed by atoms with Crippen LogP contribution in [0.5, 0.6) is 0 Å². The van der Waals surface area contributed by atoms with E-state index in [2.05, 4.69) is 0 Å². The van der Waals surface area contributed by atoms with Crippen LogP contribution in [0.4, 0.5) is 10.5 Å². The van der Waals surface area contributed by atoms with Crippen LogP contribution in [-0.2, 0) is 11.2 Å². The number of hydrogen-bond donors (Lipinski definition) is 2. The van der Waals surface area contributed by atoms with Crippen LogP contribution in [0.1, 0.15) is 19.4 Å². The number of primary amides is 1. The predicted octanol–water partition coefficient (Wildman–Crippen LogP) is 2.84. The van der Waals surface area contributed by atoms with Crippen molar-refractivity contribution in [2.45, 2.75) is 25.9 Å². The molecule has 0 aliphatic rings. The zero-order valence-corrected chi connectivity index (χ0v) is 11.1. The second kappa shape index (κ2) is 4.80. The molecule has 0 spiro atoms. The molecule has 0 radical (unpaired) electrons. The highest BCUT2D eigenvalue weighted by Gasteiger charge is 2.23. The second-order valence-electron chi connectivity index (χ2n) is 5.26. The summed E-state index contributed by atoms with van der Waals surface area (Å²) in [5.74, 6) is 0. The highest BCUT2D eigenvalue weighted by atomic mass is 16.6. The van der Waals surface area contributed by atoms with Gasteiger partial charge in [0.15, 0.2) is 0 Å². The number of nitrogen functional groups attached to an aromatic ring is 1. The number of hydrogen-bond acceptors (Lipinski definition) is 3. The monoisotopic (exact) mass is 258 g/mol. The molecule has 0 saturated carbocycles. The molecule has 4 nitrogen and oxygen atoms in total. The highest BCUT2D eigenvalue weighted by molar-refractivity contribution is 5.86. The van der Waals surface area contributed by atoms with Crippen LogP contribution in [0.15, 0.2) is 36.4 Å². The number of carbonyl (C=O) groups excluding carboxylic acids is 1. The summed E-state index contributed by atoms with van der Waals surface area (Å²) in [6.45, 7) is 3.62. The number of nitrogens with two attached hydrogens (primary N) is 2. The summed E-state index contributed by atoms with van der Waals surface area (Å²) in [6, 6.07) is 12.0. The van der Waals surface area contributed by atoms with Gasteiger partial charge in [0.1, 0.15) is 5.60 Å². The molecule has 0 atom stereocenters. The van der Waals surface area contributed by atoms with Crippen molar-refractivity contribution in [2.24, 2.45) is 5.73 Å². The summed E-state index contributed by atoms with van der Waals surface area (Å²) in [5.41, 5.74) is 12.1. The summed E-state index contributed by atoms with van der Waals surface area (Å²) >= 11 is 0. The fourth-order valence-corrected chi connectivity index (χ4v) is 2.23. The normalized spacial score (nSPS) is 11.5. The van der Waals surface area contributed by atoms with Crippen LogP contribution in [-0.4, -0.2) is 11.7 Å². The van der Waals surface area contributed by atoms with Crippen LogP contribution in [0.2, 0.25) is 0 Å². The van der Waals surface area contributed by atoms with E-state index >= 15 is 0 Å². The lowest BCUT2D eigenvalue weighted by atomic mass is 9.95. The molecule has 2 aromatic rings. The Bertz CT molecular complexity index is 621. The van der Waals surface area contributed by atoms with Gasteiger partial charge >= 0.3 is 6.09 Å². The minimum absolute atomic E-state index is 0.520. The predicted molar refractivity (Wildman–Crippen MR) is 76.8 cm³/mol. The lowest BCUT2D eigenvalue weighted by molar-refractivity contribution is 0.0462. The van der Waals surface area contributed by atoms with Crippen LogP contribution in [0.25, 0.3) is 10.8 Å². The third-order valence-corrected chi connectivity index (χ3v) is 3.00. The number of carbonyl (C=O) groups is 1. The van der Waals surface area contributed by atoms with Crippen LogP contribution < -0.4 is 11.5 Å². The van der Waals surface area contributed by atoms with E-state index in [0.29, 0.717) is 12.1 Å². The summed E-state index contributed by atoms with van der Waals surface area (Å²) in [7, 11) is 0. The van der Waals surface area contributed by atoms with Crippen molar-refractivity contribution < 1.29 is 9.53 Å². The molecule has 0 heterocycles. The third-order valence-electron chi connectivity index (χ3n) is 3.00. The van der Waals surface area contributed by atoms with E-state index in [-0.39, 0.29) is 0 Å². The molecular formula is C15H18N2O2. The lowest BCUT2D eigenvalue weighted by Gasteiger charge is -2.24. The quantitative estimate of drug-likeness (QED) is 0.831. The van der Waals surface area contributed by atoms with Gasteiger partial charge < -0.3 is 16.2 Å². The lowest BCUT2D eigenvalue weighted by Crippen LogP contribution is -2.33. The number of ether oxygens (including phenoxy) is 1. The topological polar surface area (TPSA) is 78.3 Å². The second-order valence-corrected chi connectivity index (χ2v) is 5.26. The first-order chi connectivity index (χ1) is 8.87. The molecule has 2 rings (SSSR count). The van der Waals surface area contributed by atoms with E-state index in [1.165, 1.54) is 0 Å². The van der Waals surface area contributed by atoms with Crippen molar-refractivity contribution in [1.82, 2.24) is 0 Å². The summed E-state index contributed by atoms with van der Waals surface area (Å²) < 4.78 is 5.09. The Kier molecular flexibility index (Phi) is 3.34. The van der Waals surface area contributed by atoms with Gasteiger partial charge in [-0.05, 0) is 42.3 Å². The Morgan fingerprint density at radius 3 is 2.37 bits per heavy atom. The van der Waals surface area contributed by atoms with Crippen LogP contribution in [0.3, 0.4) is 0 Å². The third kappa shape index (κ3) is 3.16. The van der Waals surface area contributed by atoms with E-state index in [1.54, 1.807) is 0 Å². The fraction of sp³-hybridized carbons (Fsp3) is 0.267. The summed E-state index contributed by atoms with van der Waals surface area (Å²) in [6.07, 6.45) is -0.253. The number of rotatable bonds is 3. The molecule has 2 aromatic carbocycles. The minimum atomic E-state index is -0.774. The molecule has 0 aliphatic carbocycles. The molecule has 4 heteroatoms. The minimum Gasteiger partial charge on any atom is -0.443 e. The first-order valence-corrected chi connectivity index (χ1v) is 6.13. The maximum absolute atomic E-state index is 10.9. The summed E-state index contributed by atoms with van der Waals surface area (Å²) in [4.78, 5) is 10.9. The number of benzene rings is 2. The zero-order valence-electron chi connectivity index (χ0n) is 11.1. The van der Waals surface area contributed by atoms with Crippen molar-refractivity contribution in [3.05, 3.63) is 42.0 Å². The molecule has 19 heavy (non-hydrogen) atoms. The molecule has 0 aromatic heterocycles. The molecule has 0 fully saturated rings. The van der Waals surface area contributed by atoms with Gasteiger partial charge in [-0.1, -0.05) is 24.3 Å². The Morgan fingerprint density at radius 2 is 1.79 bits per heavy atom. The van der Waals surface area contributed by atoms with E-state index in [1.807, 2.05) is 50.2 Å². The zero-order chi connectivity index (χ0) is 14.0. The van der Waals surface area contributed by atoms with Gasteiger partial charge in [-0.2, -0.15) is 0 Å². The van der Waals surface area contributed by atoms with Crippen LogP contribution >= 0.6 is 0 Å². The van der Waals surface area contributed by atoms with Gasteiger partial charge in [0.2, 0.25) is 0 Å². The average molecular weight is 258 g/mol. The van der Waals surface area contributed by atoms with Crippen molar-refractivity contribution >= 4 is 22.6 Å². The Hall–Kier alpha value is -2.23. The average Bonchev–Trinajstić information content (AvgIpc) is 2.27. The smallest absolute Gasteiger partial charge is 0.405 e. The SMILES string of the molecule is CC(C)(Cc1cc2ccccc2cc1N)OC(N)=O. The largest absolute Gasteiger partial charge is 0.443 e. The molecule has 1 amide bonds. The molecule has 0 bridgehead atoms. The van der Waals surface area contributed by atoms with Crippen molar-refractivity contribution in [1.29, 1.82) is 0 Å². The number of anilines is 1. The maximum atomic E-state index is 10.9. The standard InChI is InChI=1S/C15H18N2O2/c1-15(2,19-14(17)18)9-12-7-10-5-3-4-6-11(10)8-13(12)16/h3-8H,9,16H2,1-2H3,(H2,17,18). The summed E-state index contributed by atoms with van der Waals surface area (Å²) in [5, 5.41) is 2.21. The Labute approximate surface area is 112 Å². The molecule has 0 aliphatic heterocycles. The van der Waals surface area contributed by atoms with E-state index in [4.69, 9.17) is 16.2 Å².